The van der Waals surface area contributed by atoms with Crippen molar-refractivity contribution in [3.05, 3.63) is 59.9 Å². The molecule has 21 heavy (non-hydrogen) atoms. The predicted molar refractivity (Wildman–Crippen MR) is 83.2 cm³/mol. The van der Waals surface area contributed by atoms with E-state index in [0.29, 0.717) is 12.1 Å². The molecule has 0 amide bonds. The van der Waals surface area contributed by atoms with E-state index in [1.807, 2.05) is 24.3 Å². The van der Waals surface area contributed by atoms with E-state index in [0.717, 1.165) is 37.7 Å². The number of morpholine rings is 1. The van der Waals surface area contributed by atoms with Gasteiger partial charge in [0, 0.05) is 25.2 Å². The first kappa shape index (κ1) is 13.9. The lowest BCUT2D eigenvalue weighted by Crippen LogP contribution is -2.36. The maximum atomic E-state index is 13.7. The molecule has 0 spiro atoms. The second-order valence-corrected chi connectivity index (χ2v) is 5.06. The van der Waals surface area contributed by atoms with Crippen molar-refractivity contribution < 1.29 is 9.13 Å². The number of ether oxygens (including phenoxy) is 1. The molecule has 2 aromatic rings. The molecule has 4 heteroatoms. The third-order valence-electron chi connectivity index (χ3n) is 3.68. The lowest BCUT2D eigenvalue weighted by Gasteiger charge is -2.30. The zero-order valence-corrected chi connectivity index (χ0v) is 11.9. The Morgan fingerprint density at radius 3 is 2.52 bits per heavy atom. The summed E-state index contributed by atoms with van der Waals surface area (Å²) >= 11 is 0. The minimum atomic E-state index is -0.172. The molecule has 2 aromatic carbocycles. The van der Waals surface area contributed by atoms with Crippen molar-refractivity contribution in [1.82, 2.24) is 0 Å². The van der Waals surface area contributed by atoms with Gasteiger partial charge in [0.25, 0.3) is 0 Å². The molecule has 3 nitrogen and oxygen atoms in total. The standard InChI is InChI=1S/C17H19FN2O/c18-15-6-2-1-5-14(15)13-19-16-7-3-4-8-17(16)20-9-11-21-12-10-20/h1-8,19H,9-13H2. The molecule has 3 rings (SSSR count). The van der Waals surface area contributed by atoms with Crippen molar-refractivity contribution >= 4 is 11.4 Å². The van der Waals surface area contributed by atoms with Crippen molar-refractivity contribution in [3.63, 3.8) is 0 Å². The molecule has 1 aliphatic rings. The Labute approximate surface area is 124 Å². The Bertz CT molecular complexity index is 597. The fourth-order valence-corrected chi connectivity index (χ4v) is 2.54. The van der Waals surface area contributed by atoms with Gasteiger partial charge in [0.15, 0.2) is 0 Å². The topological polar surface area (TPSA) is 24.5 Å². The van der Waals surface area contributed by atoms with Crippen LogP contribution in [-0.2, 0) is 11.3 Å². The van der Waals surface area contributed by atoms with E-state index >= 15 is 0 Å². The highest BCUT2D eigenvalue weighted by atomic mass is 19.1. The van der Waals surface area contributed by atoms with Gasteiger partial charge in [-0.3, -0.25) is 0 Å². The molecule has 0 bridgehead atoms. The van der Waals surface area contributed by atoms with Crippen molar-refractivity contribution in [1.29, 1.82) is 0 Å². The van der Waals surface area contributed by atoms with Crippen molar-refractivity contribution in [2.24, 2.45) is 0 Å². The molecular weight excluding hydrogens is 267 g/mol. The van der Waals surface area contributed by atoms with Crippen LogP contribution in [0.3, 0.4) is 0 Å². The van der Waals surface area contributed by atoms with Gasteiger partial charge in [0.2, 0.25) is 0 Å². The summed E-state index contributed by atoms with van der Waals surface area (Å²) in [7, 11) is 0. The second-order valence-electron chi connectivity index (χ2n) is 5.06. The number of para-hydroxylation sites is 2. The lowest BCUT2D eigenvalue weighted by atomic mass is 10.2. The first-order valence-electron chi connectivity index (χ1n) is 7.23. The maximum Gasteiger partial charge on any atom is 0.128 e. The fraction of sp³-hybridized carbons (Fsp3) is 0.294. The first-order chi connectivity index (χ1) is 10.3. The average molecular weight is 286 g/mol. The molecular formula is C17H19FN2O. The van der Waals surface area contributed by atoms with Crippen LogP contribution in [0.5, 0.6) is 0 Å². The summed E-state index contributed by atoms with van der Waals surface area (Å²) in [4.78, 5) is 2.30. The number of anilines is 2. The molecule has 0 aromatic heterocycles. The summed E-state index contributed by atoms with van der Waals surface area (Å²) in [6, 6.07) is 15.0. The molecule has 1 aliphatic heterocycles. The van der Waals surface area contributed by atoms with Gasteiger partial charge in [-0.15, -0.1) is 0 Å². The molecule has 0 radical (unpaired) electrons. The van der Waals surface area contributed by atoms with Crippen LogP contribution < -0.4 is 10.2 Å². The molecule has 110 valence electrons. The third kappa shape index (κ3) is 3.34. The summed E-state index contributed by atoms with van der Waals surface area (Å²) in [5, 5.41) is 3.35. The van der Waals surface area contributed by atoms with E-state index in [-0.39, 0.29) is 5.82 Å². The van der Waals surface area contributed by atoms with Crippen LogP contribution in [0.25, 0.3) is 0 Å². The zero-order chi connectivity index (χ0) is 14.5. The molecule has 0 saturated carbocycles. The normalized spacial score (nSPS) is 15.0. The van der Waals surface area contributed by atoms with E-state index in [9.17, 15) is 4.39 Å². The largest absolute Gasteiger partial charge is 0.379 e. The monoisotopic (exact) mass is 286 g/mol. The summed E-state index contributed by atoms with van der Waals surface area (Å²) in [5.74, 6) is -0.172. The second kappa shape index (κ2) is 6.59. The number of halogens is 1. The molecule has 1 N–H and O–H groups in total. The van der Waals surface area contributed by atoms with Gasteiger partial charge >= 0.3 is 0 Å². The van der Waals surface area contributed by atoms with Gasteiger partial charge in [-0.2, -0.15) is 0 Å². The Hall–Kier alpha value is -2.07. The molecule has 0 unspecified atom stereocenters. The predicted octanol–water partition coefficient (Wildman–Crippen LogP) is 3.27. The average Bonchev–Trinajstić information content (AvgIpc) is 2.55. The highest BCUT2D eigenvalue weighted by molar-refractivity contribution is 5.70. The van der Waals surface area contributed by atoms with Crippen LogP contribution in [0.4, 0.5) is 15.8 Å². The number of nitrogens with one attached hydrogen (secondary N) is 1. The van der Waals surface area contributed by atoms with Crippen molar-refractivity contribution in [3.8, 4) is 0 Å². The molecule has 0 atom stereocenters. The molecule has 1 heterocycles. The summed E-state index contributed by atoms with van der Waals surface area (Å²) in [6.45, 7) is 3.76. The van der Waals surface area contributed by atoms with Gasteiger partial charge in [-0.1, -0.05) is 30.3 Å². The van der Waals surface area contributed by atoms with Gasteiger partial charge in [-0.05, 0) is 18.2 Å². The van der Waals surface area contributed by atoms with E-state index < -0.39 is 0 Å². The quantitative estimate of drug-likeness (QED) is 0.933. The van der Waals surface area contributed by atoms with Crippen LogP contribution in [0, 0.1) is 5.82 Å². The van der Waals surface area contributed by atoms with Crippen molar-refractivity contribution in [2.45, 2.75) is 6.54 Å². The fourth-order valence-electron chi connectivity index (χ4n) is 2.54. The SMILES string of the molecule is Fc1ccccc1CNc1ccccc1N1CCOCC1. The van der Waals surface area contributed by atoms with Gasteiger partial charge in [0.05, 0.1) is 24.6 Å². The Morgan fingerprint density at radius 1 is 1.00 bits per heavy atom. The van der Waals surface area contributed by atoms with E-state index in [2.05, 4.69) is 16.3 Å². The van der Waals surface area contributed by atoms with Crippen molar-refractivity contribution in [2.75, 3.05) is 36.5 Å². The zero-order valence-electron chi connectivity index (χ0n) is 11.9. The third-order valence-corrected chi connectivity index (χ3v) is 3.68. The van der Waals surface area contributed by atoms with Gasteiger partial charge in [-0.25, -0.2) is 4.39 Å². The Kier molecular flexibility index (Phi) is 4.36. The number of nitrogens with zero attached hydrogens (tertiary/aromatic N) is 1. The number of hydrogen-bond acceptors (Lipinski definition) is 3. The van der Waals surface area contributed by atoms with Crippen LogP contribution >= 0.6 is 0 Å². The summed E-state index contributed by atoms with van der Waals surface area (Å²) < 4.78 is 19.1. The minimum Gasteiger partial charge on any atom is -0.379 e. The number of rotatable bonds is 4. The lowest BCUT2D eigenvalue weighted by molar-refractivity contribution is 0.123. The smallest absolute Gasteiger partial charge is 0.128 e. The van der Waals surface area contributed by atoms with Crippen LogP contribution in [0.1, 0.15) is 5.56 Å². The van der Waals surface area contributed by atoms with E-state index in [4.69, 9.17) is 4.74 Å². The minimum absolute atomic E-state index is 0.172. The van der Waals surface area contributed by atoms with Gasteiger partial charge in [0.1, 0.15) is 5.82 Å². The van der Waals surface area contributed by atoms with E-state index in [1.54, 1.807) is 12.1 Å². The number of benzene rings is 2. The van der Waals surface area contributed by atoms with Crippen LogP contribution in [-0.4, -0.2) is 26.3 Å². The maximum absolute atomic E-state index is 13.7. The molecule has 0 aliphatic carbocycles. The molecule has 1 fully saturated rings. The molecule has 1 saturated heterocycles. The van der Waals surface area contributed by atoms with E-state index in [1.165, 1.54) is 6.07 Å². The summed E-state index contributed by atoms with van der Waals surface area (Å²) in [6.07, 6.45) is 0. The highest BCUT2D eigenvalue weighted by Crippen LogP contribution is 2.27. The van der Waals surface area contributed by atoms with Crippen LogP contribution in [0.15, 0.2) is 48.5 Å². The highest BCUT2D eigenvalue weighted by Gasteiger charge is 2.14. The Balaban J connectivity index is 1.74. The summed E-state index contributed by atoms with van der Waals surface area (Å²) in [5.41, 5.74) is 2.86. The first-order valence-corrected chi connectivity index (χ1v) is 7.23. The Morgan fingerprint density at radius 2 is 1.71 bits per heavy atom. The van der Waals surface area contributed by atoms with Gasteiger partial charge < -0.3 is 15.0 Å². The number of hydrogen-bond donors (Lipinski definition) is 1. The van der Waals surface area contributed by atoms with Crippen LogP contribution in [0.2, 0.25) is 0 Å².